The summed E-state index contributed by atoms with van der Waals surface area (Å²) in [6.45, 7) is 13.1. The summed E-state index contributed by atoms with van der Waals surface area (Å²) < 4.78 is 27.5. The van der Waals surface area contributed by atoms with Crippen LogP contribution in [0, 0.1) is 23.7 Å². The van der Waals surface area contributed by atoms with Crippen molar-refractivity contribution >= 4 is 30.2 Å². The SMILES string of the molecule is C=CC(=O)OCC1CCC(COC(=O)NC2CCC(CC3CCC(NC(=O)OC(COC(=O)C(=C)C)COc4ccc(C=C)cc4)CC3)CC2)CC1. The summed E-state index contributed by atoms with van der Waals surface area (Å²) in [7, 11) is 0. The summed E-state index contributed by atoms with van der Waals surface area (Å²) in [6.07, 6.45) is 14.3. The second-order valence-electron chi connectivity index (χ2n) is 14.8. The molecule has 3 saturated carbocycles. The van der Waals surface area contributed by atoms with Crippen LogP contribution in [-0.2, 0) is 28.5 Å². The van der Waals surface area contributed by atoms with Gasteiger partial charge >= 0.3 is 24.1 Å². The van der Waals surface area contributed by atoms with Crippen LogP contribution < -0.4 is 15.4 Å². The van der Waals surface area contributed by atoms with E-state index in [0.29, 0.717) is 42.6 Å². The molecule has 0 bridgehead atoms. The molecule has 0 aliphatic heterocycles. The van der Waals surface area contributed by atoms with Gasteiger partial charge in [0.25, 0.3) is 0 Å². The maximum atomic E-state index is 12.9. The Morgan fingerprint density at radius 1 is 0.712 bits per heavy atom. The van der Waals surface area contributed by atoms with Gasteiger partial charge in [0.15, 0.2) is 6.10 Å². The van der Waals surface area contributed by atoms with Crippen LogP contribution in [0.5, 0.6) is 5.75 Å². The number of rotatable bonds is 17. The van der Waals surface area contributed by atoms with E-state index in [4.69, 9.17) is 23.7 Å². The van der Waals surface area contributed by atoms with Gasteiger partial charge in [0, 0.05) is 23.7 Å². The Morgan fingerprint density at radius 2 is 1.23 bits per heavy atom. The third-order valence-corrected chi connectivity index (χ3v) is 10.6. The maximum Gasteiger partial charge on any atom is 0.407 e. The zero-order chi connectivity index (χ0) is 37.3. The number of carbonyl (C=O) groups is 4. The van der Waals surface area contributed by atoms with Crippen LogP contribution >= 0.6 is 0 Å². The molecule has 0 aromatic heterocycles. The number of esters is 2. The van der Waals surface area contributed by atoms with E-state index in [2.05, 4.69) is 30.4 Å². The molecular weight excluding hydrogens is 664 g/mol. The van der Waals surface area contributed by atoms with Crippen LogP contribution in [0.15, 0.2) is 55.7 Å². The molecular formula is C41H58N2O9. The van der Waals surface area contributed by atoms with Crippen molar-refractivity contribution in [2.75, 3.05) is 26.4 Å². The fraction of sp³-hybridized carbons (Fsp3) is 0.610. The lowest BCUT2D eigenvalue weighted by molar-refractivity contribution is -0.142. The summed E-state index contributed by atoms with van der Waals surface area (Å²) in [5.41, 5.74) is 1.22. The second kappa shape index (κ2) is 21.3. The maximum absolute atomic E-state index is 12.9. The Kier molecular flexibility index (Phi) is 16.6. The minimum Gasteiger partial charge on any atom is -0.490 e. The van der Waals surface area contributed by atoms with E-state index in [1.165, 1.54) is 12.5 Å². The molecule has 0 saturated heterocycles. The average molecular weight is 723 g/mol. The quantitative estimate of drug-likeness (QED) is 0.0942. The van der Waals surface area contributed by atoms with Gasteiger partial charge in [0.2, 0.25) is 0 Å². The van der Waals surface area contributed by atoms with Gasteiger partial charge in [-0.25, -0.2) is 19.2 Å². The predicted octanol–water partition coefficient (Wildman–Crippen LogP) is 7.69. The molecule has 3 fully saturated rings. The van der Waals surface area contributed by atoms with Crippen molar-refractivity contribution in [3.05, 3.63) is 61.2 Å². The van der Waals surface area contributed by atoms with Crippen LogP contribution in [0.4, 0.5) is 9.59 Å². The minimum absolute atomic E-state index is 0.0238. The van der Waals surface area contributed by atoms with Gasteiger partial charge in [-0.05, 0) is 132 Å². The first-order valence-electron chi connectivity index (χ1n) is 19.0. The molecule has 52 heavy (non-hydrogen) atoms. The number of hydrogen-bond donors (Lipinski definition) is 2. The lowest BCUT2D eigenvalue weighted by atomic mass is 9.76. The number of alkyl carbamates (subject to hydrolysis) is 2. The van der Waals surface area contributed by atoms with Crippen LogP contribution in [0.25, 0.3) is 6.08 Å². The van der Waals surface area contributed by atoms with E-state index in [9.17, 15) is 19.2 Å². The largest absolute Gasteiger partial charge is 0.490 e. The predicted molar refractivity (Wildman–Crippen MR) is 198 cm³/mol. The van der Waals surface area contributed by atoms with Crippen molar-refractivity contribution < 1.29 is 42.9 Å². The molecule has 0 heterocycles. The van der Waals surface area contributed by atoms with E-state index in [1.807, 2.05) is 12.1 Å². The lowest BCUT2D eigenvalue weighted by Gasteiger charge is -2.34. The molecule has 3 aliphatic rings. The Hall–Kier alpha value is -4.28. The molecule has 2 amide bonds. The average Bonchev–Trinajstić information content (AvgIpc) is 3.16. The fourth-order valence-electron chi connectivity index (χ4n) is 7.43. The molecule has 11 heteroatoms. The molecule has 3 aliphatic carbocycles. The number of nitrogens with one attached hydrogen (secondary N) is 2. The molecule has 0 spiro atoms. The van der Waals surface area contributed by atoms with Gasteiger partial charge in [0.1, 0.15) is 19.0 Å². The number of hydrogen-bond acceptors (Lipinski definition) is 9. The van der Waals surface area contributed by atoms with Crippen molar-refractivity contribution in [1.29, 1.82) is 0 Å². The Balaban J connectivity index is 1.08. The highest BCUT2D eigenvalue weighted by Gasteiger charge is 2.30. The third kappa shape index (κ3) is 14.4. The first-order valence-corrected chi connectivity index (χ1v) is 19.0. The van der Waals surface area contributed by atoms with Gasteiger partial charge in [-0.3, -0.25) is 0 Å². The molecule has 1 aromatic carbocycles. The number of ether oxygens (including phenoxy) is 5. The first-order chi connectivity index (χ1) is 25.1. The lowest BCUT2D eigenvalue weighted by Crippen LogP contribution is -2.42. The molecule has 286 valence electrons. The Bertz CT molecular complexity index is 1340. The van der Waals surface area contributed by atoms with Gasteiger partial charge < -0.3 is 34.3 Å². The van der Waals surface area contributed by atoms with Gasteiger partial charge in [-0.1, -0.05) is 37.9 Å². The van der Waals surface area contributed by atoms with Gasteiger partial charge in [-0.15, -0.1) is 0 Å². The highest BCUT2D eigenvalue weighted by atomic mass is 16.6. The topological polar surface area (TPSA) is 138 Å². The highest BCUT2D eigenvalue weighted by Crippen LogP contribution is 2.36. The summed E-state index contributed by atoms with van der Waals surface area (Å²) in [5, 5.41) is 6.09. The summed E-state index contributed by atoms with van der Waals surface area (Å²) >= 11 is 0. The van der Waals surface area contributed by atoms with Crippen molar-refractivity contribution in [2.24, 2.45) is 23.7 Å². The van der Waals surface area contributed by atoms with Crippen molar-refractivity contribution in [2.45, 2.75) is 109 Å². The fourth-order valence-corrected chi connectivity index (χ4v) is 7.43. The first kappa shape index (κ1) is 40.5. The second-order valence-corrected chi connectivity index (χ2v) is 14.8. The third-order valence-electron chi connectivity index (χ3n) is 10.6. The summed E-state index contributed by atoms with van der Waals surface area (Å²) in [4.78, 5) is 48.7. The standard InChI is InChI=1S/C41H58N2O9/c1-5-29-15-21-36(22-16-29)48-26-37(27-50-39(45)28(3)4)52-41(47)43-35-19-13-31(14-20-35)23-30-11-17-34(18-12-30)42-40(46)51-25-33-9-7-32(8-10-33)24-49-38(44)6-2/h5-6,15-16,21-22,30-35,37H,1-3,7-14,17-20,23-27H2,4H3,(H,42,46)(H,43,47). The van der Waals surface area contributed by atoms with E-state index < -0.39 is 18.2 Å². The number of amides is 2. The van der Waals surface area contributed by atoms with Crippen LogP contribution in [0.3, 0.4) is 0 Å². The molecule has 2 N–H and O–H groups in total. The van der Waals surface area contributed by atoms with Crippen molar-refractivity contribution in [1.82, 2.24) is 10.6 Å². The van der Waals surface area contributed by atoms with Gasteiger partial charge in [0.05, 0.1) is 13.2 Å². The Morgan fingerprint density at radius 3 is 1.75 bits per heavy atom. The highest BCUT2D eigenvalue weighted by molar-refractivity contribution is 5.87. The zero-order valence-electron chi connectivity index (χ0n) is 30.8. The van der Waals surface area contributed by atoms with E-state index in [-0.39, 0.29) is 42.9 Å². The van der Waals surface area contributed by atoms with Gasteiger partial charge in [-0.2, -0.15) is 0 Å². The monoisotopic (exact) mass is 722 g/mol. The van der Waals surface area contributed by atoms with Crippen LogP contribution in [0.1, 0.15) is 96.0 Å². The molecule has 1 aromatic rings. The van der Waals surface area contributed by atoms with Crippen LogP contribution in [-0.4, -0.2) is 68.7 Å². The molecule has 1 atom stereocenters. The smallest absolute Gasteiger partial charge is 0.407 e. The van der Waals surface area contributed by atoms with Crippen LogP contribution in [0.2, 0.25) is 0 Å². The molecule has 11 nitrogen and oxygen atoms in total. The number of benzene rings is 1. The van der Waals surface area contributed by atoms with Crippen molar-refractivity contribution in [3.8, 4) is 5.75 Å². The number of carbonyl (C=O) groups excluding carboxylic acids is 4. The summed E-state index contributed by atoms with van der Waals surface area (Å²) in [5.74, 6) is 1.65. The van der Waals surface area contributed by atoms with E-state index >= 15 is 0 Å². The normalized spacial score (nSPS) is 24.9. The molecule has 0 radical (unpaired) electrons. The van der Waals surface area contributed by atoms with E-state index in [1.54, 1.807) is 25.1 Å². The zero-order valence-corrected chi connectivity index (χ0v) is 30.8. The summed E-state index contributed by atoms with van der Waals surface area (Å²) in [6, 6.07) is 7.52. The van der Waals surface area contributed by atoms with Crippen molar-refractivity contribution in [3.63, 3.8) is 0 Å². The molecule has 4 rings (SSSR count). The molecule has 1 unspecified atom stereocenters. The minimum atomic E-state index is -0.793. The van der Waals surface area contributed by atoms with E-state index in [0.717, 1.165) is 82.6 Å². The Labute approximate surface area is 308 Å².